The average Bonchev–Trinajstić information content (AvgIpc) is 2.43. The minimum atomic E-state index is -0.369. The van der Waals surface area contributed by atoms with Gasteiger partial charge in [0.05, 0.1) is 19.8 Å². The maximum atomic E-state index is 11.8. The Morgan fingerprint density at radius 1 is 1.21 bits per heavy atom. The van der Waals surface area contributed by atoms with E-state index in [1.165, 1.54) is 20.0 Å². The highest BCUT2D eigenvalue weighted by Gasteiger charge is 2.17. The molecule has 0 radical (unpaired) electrons. The standard InChI is InChI=1S/C15H21ClO3/c1-4-5-6-7-8-12-13(15(17)19-3)9-11(16)10-14(12)18-2/h9-10H,4-8H2,1-3H3. The number of halogens is 1. The first kappa shape index (κ1) is 15.8. The molecule has 0 saturated heterocycles. The summed E-state index contributed by atoms with van der Waals surface area (Å²) in [5, 5.41) is 0.481. The summed E-state index contributed by atoms with van der Waals surface area (Å²) in [6, 6.07) is 3.38. The summed E-state index contributed by atoms with van der Waals surface area (Å²) in [6.45, 7) is 2.17. The zero-order valence-electron chi connectivity index (χ0n) is 11.8. The molecule has 0 N–H and O–H groups in total. The zero-order chi connectivity index (χ0) is 14.3. The molecule has 0 unspecified atom stereocenters. The number of esters is 1. The Balaban J connectivity index is 2.99. The smallest absolute Gasteiger partial charge is 0.338 e. The molecule has 0 bridgehead atoms. The van der Waals surface area contributed by atoms with Crippen molar-refractivity contribution in [3.8, 4) is 5.75 Å². The first-order valence-corrected chi connectivity index (χ1v) is 6.96. The molecule has 4 heteroatoms. The Hall–Kier alpha value is -1.22. The quantitative estimate of drug-likeness (QED) is 0.554. The minimum Gasteiger partial charge on any atom is -0.496 e. The molecule has 1 aromatic carbocycles. The van der Waals surface area contributed by atoms with E-state index in [0.29, 0.717) is 16.3 Å². The van der Waals surface area contributed by atoms with Crippen LogP contribution in [0.2, 0.25) is 5.02 Å². The molecule has 0 heterocycles. The van der Waals surface area contributed by atoms with Gasteiger partial charge in [0.2, 0.25) is 0 Å². The number of carbonyl (C=O) groups excluding carboxylic acids is 1. The second kappa shape index (κ2) is 8.05. The third-order valence-corrected chi connectivity index (χ3v) is 3.30. The summed E-state index contributed by atoms with van der Waals surface area (Å²) in [6.07, 6.45) is 5.34. The van der Waals surface area contributed by atoms with Crippen LogP contribution in [0.3, 0.4) is 0 Å². The number of benzene rings is 1. The minimum absolute atomic E-state index is 0.369. The van der Waals surface area contributed by atoms with Gasteiger partial charge < -0.3 is 9.47 Å². The SMILES string of the molecule is CCCCCCc1c(OC)cc(Cl)cc1C(=O)OC. The molecule has 0 amide bonds. The van der Waals surface area contributed by atoms with Gasteiger partial charge in [-0.05, 0) is 25.0 Å². The molecule has 0 fully saturated rings. The number of methoxy groups -OCH3 is 2. The van der Waals surface area contributed by atoms with Gasteiger partial charge in [0.1, 0.15) is 5.75 Å². The third kappa shape index (κ3) is 4.43. The molecule has 0 aliphatic heterocycles. The van der Waals surface area contributed by atoms with Crippen molar-refractivity contribution in [2.24, 2.45) is 0 Å². The van der Waals surface area contributed by atoms with Gasteiger partial charge in [-0.1, -0.05) is 37.8 Å². The first-order valence-electron chi connectivity index (χ1n) is 6.58. The van der Waals surface area contributed by atoms with Crippen LogP contribution in [0.15, 0.2) is 12.1 Å². The van der Waals surface area contributed by atoms with Crippen molar-refractivity contribution >= 4 is 17.6 Å². The van der Waals surface area contributed by atoms with Crippen LogP contribution in [-0.2, 0) is 11.2 Å². The molecule has 106 valence electrons. The molecule has 1 rings (SSSR count). The molecule has 0 aliphatic carbocycles. The van der Waals surface area contributed by atoms with Crippen molar-refractivity contribution in [3.63, 3.8) is 0 Å². The van der Waals surface area contributed by atoms with Gasteiger partial charge in [0.25, 0.3) is 0 Å². The lowest BCUT2D eigenvalue weighted by atomic mass is 9.99. The zero-order valence-corrected chi connectivity index (χ0v) is 12.5. The van der Waals surface area contributed by atoms with E-state index in [0.717, 1.165) is 24.8 Å². The van der Waals surface area contributed by atoms with E-state index in [2.05, 4.69) is 6.92 Å². The van der Waals surface area contributed by atoms with Crippen LogP contribution in [0.25, 0.3) is 0 Å². The predicted molar refractivity (Wildman–Crippen MR) is 77.2 cm³/mol. The van der Waals surface area contributed by atoms with Crippen LogP contribution in [0.4, 0.5) is 0 Å². The van der Waals surface area contributed by atoms with Crippen LogP contribution < -0.4 is 4.74 Å². The van der Waals surface area contributed by atoms with Gasteiger partial charge in [-0.25, -0.2) is 4.79 Å². The molecule has 1 aromatic rings. The fourth-order valence-corrected chi connectivity index (χ4v) is 2.28. The second-order valence-corrected chi connectivity index (χ2v) is 4.87. The highest BCUT2D eigenvalue weighted by atomic mass is 35.5. The predicted octanol–water partition coefficient (Wildman–Crippen LogP) is 4.26. The number of hydrogen-bond donors (Lipinski definition) is 0. The van der Waals surface area contributed by atoms with E-state index in [4.69, 9.17) is 21.1 Å². The molecule has 0 atom stereocenters. The number of rotatable bonds is 7. The molecule has 3 nitrogen and oxygen atoms in total. The summed E-state index contributed by atoms with van der Waals surface area (Å²) in [7, 11) is 2.96. The fourth-order valence-electron chi connectivity index (χ4n) is 2.07. The highest BCUT2D eigenvalue weighted by molar-refractivity contribution is 6.31. The number of hydrogen-bond acceptors (Lipinski definition) is 3. The van der Waals surface area contributed by atoms with E-state index in [9.17, 15) is 4.79 Å². The van der Waals surface area contributed by atoms with Crippen LogP contribution in [0, 0.1) is 0 Å². The molecule has 0 saturated carbocycles. The molecule has 19 heavy (non-hydrogen) atoms. The van der Waals surface area contributed by atoms with Crippen molar-refractivity contribution in [3.05, 3.63) is 28.3 Å². The van der Waals surface area contributed by atoms with Gasteiger partial charge in [0.15, 0.2) is 0 Å². The molecule has 0 spiro atoms. The Kier molecular flexibility index (Phi) is 6.71. The topological polar surface area (TPSA) is 35.5 Å². The van der Waals surface area contributed by atoms with Crippen LogP contribution in [-0.4, -0.2) is 20.2 Å². The van der Waals surface area contributed by atoms with E-state index in [1.54, 1.807) is 19.2 Å². The lowest BCUT2D eigenvalue weighted by molar-refractivity contribution is 0.0599. The Morgan fingerprint density at radius 2 is 1.95 bits per heavy atom. The largest absolute Gasteiger partial charge is 0.496 e. The van der Waals surface area contributed by atoms with Gasteiger partial charge in [-0.3, -0.25) is 0 Å². The maximum absolute atomic E-state index is 11.8. The summed E-state index contributed by atoms with van der Waals surface area (Å²) in [4.78, 5) is 11.8. The lowest BCUT2D eigenvalue weighted by Crippen LogP contribution is -2.08. The van der Waals surface area contributed by atoms with Crippen molar-refractivity contribution in [1.82, 2.24) is 0 Å². The van der Waals surface area contributed by atoms with E-state index in [1.807, 2.05) is 0 Å². The molecule has 0 aromatic heterocycles. The summed E-state index contributed by atoms with van der Waals surface area (Å²) < 4.78 is 10.1. The second-order valence-electron chi connectivity index (χ2n) is 4.44. The van der Waals surface area contributed by atoms with Crippen molar-refractivity contribution in [1.29, 1.82) is 0 Å². The van der Waals surface area contributed by atoms with Crippen LogP contribution in [0.1, 0.15) is 48.5 Å². The monoisotopic (exact) mass is 284 g/mol. The number of carbonyl (C=O) groups is 1. The Labute approximate surface area is 119 Å². The third-order valence-electron chi connectivity index (χ3n) is 3.08. The van der Waals surface area contributed by atoms with Crippen molar-refractivity contribution < 1.29 is 14.3 Å². The number of ether oxygens (including phenoxy) is 2. The average molecular weight is 285 g/mol. The first-order chi connectivity index (χ1) is 9.13. The summed E-state index contributed by atoms with van der Waals surface area (Å²) >= 11 is 6.00. The molecular formula is C15H21ClO3. The number of unbranched alkanes of at least 4 members (excludes halogenated alkanes) is 3. The van der Waals surface area contributed by atoms with E-state index >= 15 is 0 Å². The lowest BCUT2D eigenvalue weighted by Gasteiger charge is -2.13. The normalized spacial score (nSPS) is 10.3. The Morgan fingerprint density at radius 3 is 2.53 bits per heavy atom. The van der Waals surface area contributed by atoms with Gasteiger partial charge in [0, 0.05) is 10.6 Å². The highest BCUT2D eigenvalue weighted by Crippen LogP contribution is 2.29. The fraction of sp³-hybridized carbons (Fsp3) is 0.533. The van der Waals surface area contributed by atoms with Gasteiger partial charge >= 0.3 is 5.97 Å². The van der Waals surface area contributed by atoms with Gasteiger partial charge in [-0.15, -0.1) is 0 Å². The maximum Gasteiger partial charge on any atom is 0.338 e. The van der Waals surface area contributed by atoms with E-state index in [-0.39, 0.29) is 5.97 Å². The van der Waals surface area contributed by atoms with Crippen LogP contribution >= 0.6 is 11.6 Å². The van der Waals surface area contributed by atoms with Crippen molar-refractivity contribution in [2.75, 3.05) is 14.2 Å². The Bertz CT molecular complexity index is 430. The molecule has 0 aliphatic rings. The summed E-state index contributed by atoms with van der Waals surface area (Å²) in [5.74, 6) is 0.288. The van der Waals surface area contributed by atoms with Gasteiger partial charge in [-0.2, -0.15) is 0 Å². The summed E-state index contributed by atoms with van der Waals surface area (Å²) in [5.41, 5.74) is 1.39. The molecular weight excluding hydrogens is 264 g/mol. The van der Waals surface area contributed by atoms with Crippen LogP contribution in [0.5, 0.6) is 5.75 Å². The van der Waals surface area contributed by atoms with E-state index < -0.39 is 0 Å². The van der Waals surface area contributed by atoms with Crippen molar-refractivity contribution in [2.45, 2.75) is 39.0 Å².